The van der Waals surface area contributed by atoms with Gasteiger partial charge in [0, 0.05) is 6.04 Å². The highest BCUT2D eigenvalue weighted by Crippen LogP contribution is 2.17. The molecule has 1 aromatic rings. The van der Waals surface area contributed by atoms with E-state index < -0.39 is 0 Å². The zero-order chi connectivity index (χ0) is 15.8. The molecule has 22 heavy (non-hydrogen) atoms. The van der Waals surface area contributed by atoms with Crippen molar-refractivity contribution in [3.8, 4) is 0 Å². The van der Waals surface area contributed by atoms with Gasteiger partial charge in [-0.2, -0.15) is 5.10 Å². The zero-order valence-corrected chi connectivity index (χ0v) is 12.7. The molecule has 2 rings (SSSR count). The third-order valence-corrected chi connectivity index (χ3v) is 3.65. The first-order valence-corrected chi connectivity index (χ1v) is 7.47. The summed E-state index contributed by atoms with van der Waals surface area (Å²) < 4.78 is 4.62. The number of hydrogen-bond acceptors (Lipinski definition) is 4. The summed E-state index contributed by atoms with van der Waals surface area (Å²) >= 11 is 0. The van der Waals surface area contributed by atoms with Crippen LogP contribution in [0.1, 0.15) is 48.0 Å². The number of hydrogen-bond donors (Lipinski definition) is 2. The molecule has 0 saturated heterocycles. The van der Waals surface area contributed by atoms with Crippen molar-refractivity contribution >= 4 is 18.2 Å². The van der Waals surface area contributed by atoms with Gasteiger partial charge < -0.3 is 10.1 Å². The molecule has 1 saturated carbocycles. The van der Waals surface area contributed by atoms with Crippen LogP contribution in [0.15, 0.2) is 29.4 Å². The molecule has 2 amide bonds. The lowest BCUT2D eigenvalue weighted by molar-refractivity contribution is 0.0600. The molecule has 0 aromatic heterocycles. The molecular formula is C16H21N3O3. The summed E-state index contributed by atoms with van der Waals surface area (Å²) in [7, 11) is 1.34. The van der Waals surface area contributed by atoms with Crippen molar-refractivity contribution in [2.75, 3.05) is 7.11 Å². The molecule has 1 fully saturated rings. The van der Waals surface area contributed by atoms with Crippen LogP contribution in [0.2, 0.25) is 0 Å². The van der Waals surface area contributed by atoms with Crippen LogP contribution in [0.3, 0.4) is 0 Å². The van der Waals surface area contributed by atoms with E-state index in [0.717, 1.165) is 18.4 Å². The average Bonchev–Trinajstić information content (AvgIpc) is 2.55. The maximum atomic E-state index is 11.7. The van der Waals surface area contributed by atoms with Crippen molar-refractivity contribution in [1.82, 2.24) is 10.7 Å². The van der Waals surface area contributed by atoms with E-state index in [1.165, 1.54) is 32.6 Å². The molecule has 2 N–H and O–H groups in total. The molecule has 6 heteroatoms. The van der Waals surface area contributed by atoms with E-state index in [4.69, 9.17) is 0 Å². The van der Waals surface area contributed by atoms with Crippen LogP contribution >= 0.6 is 0 Å². The lowest BCUT2D eigenvalue weighted by Crippen LogP contribution is -2.41. The first kappa shape index (κ1) is 16.0. The molecule has 0 bridgehead atoms. The minimum atomic E-state index is -0.381. The van der Waals surface area contributed by atoms with Crippen LogP contribution in [-0.4, -0.2) is 31.4 Å². The largest absolute Gasteiger partial charge is 0.465 e. The molecule has 1 aliphatic rings. The molecule has 6 nitrogen and oxygen atoms in total. The van der Waals surface area contributed by atoms with Crippen LogP contribution in [0.4, 0.5) is 4.79 Å². The Morgan fingerprint density at radius 1 is 1.18 bits per heavy atom. The Balaban J connectivity index is 1.78. The van der Waals surface area contributed by atoms with Gasteiger partial charge in [-0.05, 0) is 30.5 Å². The highest BCUT2D eigenvalue weighted by Gasteiger charge is 2.14. The van der Waals surface area contributed by atoms with Crippen molar-refractivity contribution in [3.05, 3.63) is 35.4 Å². The molecule has 0 heterocycles. The molecule has 118 valence electrons. The van der Waals surface area contributed by atoms with Gasteiger partial charge in [-0.25, -0.2) is 15.0 Å². The monoisotopic (exact) mass is 303 g/mol. The second-order valence-electron chi connectivity index (χ2n) is 5.29. The third kappa shape index (κ3) is 4.87. The lowest BCUT2D eigenvalue weighted by Gasteiger charge is -2.22. The average molecular weight is 303 g/mol. The summed E-state index contributed by atoms with van der Waals surface area (Å²) in [6.45, 7) is 0. The number of nitrogens with one attached hydrogen (secondary N) is 2. The highest BCUT2D eigenvalue weighted by atomic mass is 16.5. The van der Waals surface area contributed by atoms with Crippen LogP contribution < -0.4 is 10.7 Å². The van der Waals surface area contributed by atoms with E-state index in [1.54, 1.807) is 24.3 Å². The Hall–Kier alpha value is -2.37. The number of methoxy groups -OCH3 is 1. The summed E-state index contributed by atoms with van der Waals surface area (Å²) in [6, 6.07) is 6.73. The lowest BCUT2D eigenvalue weighted by atomic mass is 9.96. The first-order valence-electron chi connectivity index (χ1n) is 7.47. The maximum absolute atomic E-state index is 11.7. The number of hydrazone groups is 1. The Bertz CT molecular complexity index is 534. The number of nitrogens with zero attached hydrogens (tertiary/aromatic N) is 1. The standard InChI is InChI=1S/C16H21N3O3/c1-22-15(20)13-9-7-12(8-10-13)11-17-19-16(21)18-14-5-3-2-4-6-14/h7-11,14H,2-6H2,1H3,(H2,18,19,21)/b17-11+. The van der Waals surface area contributed by atoms with Gasteiger partial charge in [-0.3, -0.25) is 0 Å². The van der Waals surface area contributed by atoms with Gasteiger partial charge in [-0.15, -0.1) is 0 Å². The fraction of sp³-hybridized carbons (Fsp3) is 0.438. The van der Waals surface area contributed by atoms with Gasteiger partial charge in [-0.1, -0.05) is 31.4 Å². The molecule has 0 unspecified atom stereocenters. The smallest absolute Gasteiger partial charge is 0.337 e. The summed E-state index contributed by atoms with van der Waals surface area (Å²) in [6.07, 6.45) is 7.18. The number of rotatable bonds is 4. The Labute approximate surface area is 129 Å². The number of carbonyl (C=O) groups excluding carboxylic acids is 2. The van der Waals surface area contributed by atoms with Crippen LogP contribution in [0.5, 0.6) is 0 Å². The molecule has 0 aliphatic heterocycles. The van der Waals surface area contributed by atoms with Crippen molar-refractivity contribution in [1.29, 1.82) is 0 Å². The zero-order valence-electron chi connectivity index (χ0n) is 12.7. The Morgan fingerprint density at radius 2 is 1.86 bits per heavy atom. The number of urea groups is 1. The van der Waals surface area contributed by atoms with Gasteiger partial charge in [0.1, 0.15) is 0 Å². The van der Waals surface area contributed by atoms with Crippen molar-refractivity contribution in [2.45, 2.75) is 38.1 Å². The first-order chi connectivity index (χ1) is 10.7. The molecular weight excluding hydrogens is 282 g/mol. The molecule has 1 aromatic carbocycles. The van der Waals surface area contributed by atoms with E-state index in [2.05, 4.69) is 20.6 Å². The second kappa shape index (κ2) is 8.17. The van der Waals surface area contributed by atoms with E-state index in [1.807, 2.05) is 0 Å². The SMILES string of the molecule is COC(=O)c1ccc(/C=N/NC(=O)NC2CCCCC2)cc1. The number of ether oxygens (including phenoxy) is 1. The molecule has 0 radical (unpaired) electrons. The van der Waals surface area contributed by atoms with Gasteiger partial charge >= 0.3 is 12.0 Å². The van der Waals surface area contributed by atoms with Crippen LogP contribution in [-0.2, 0) is 4.74 Å². The van der Waals surface area contributed by atoms with E-state index >= 15 is 0 Å². The normalized spacial score (nSPS) is 15.5. The van der Waals surface area contributed by atoms with Crippen molar-refractivity contribution in [3.63, 3.8) is 0 Å². The van der Waals surface area contributed by atoms with Gasteiger partial charge in [0.05, 0.1) is 18.9 Å². The number of amides is 2. The highest BCUT2D eigenvalue weighted by molar-refractivity contribution is 5.90. The Morgan fingerprint density at radius 3 is 2.50 bits per heavy atom. The number of esters is 1. The van der Waals surface area contributed by atoms with E-state index in [9.17, 15) is 9.59 Å². The molecule has 0 spiro atoms. The van der Waals surface area contributed by atoms with Crippen molar-refractivity contribution in [2.24, 2.45) is 5.10 Å². The van der Waals surface area contributed by atoms with E-state index in [-0.39, 0.29) is 18.0 Å². The van der Waals surface area contributed by atoms with Crippen LogP contribution in [0, 0.1) is 0 Å². The fourth-order valence-corrected chi connectivity index (χ4v) is 2.45. The summed E-state index contributed by atoms with van der Waals surface area (Å²) in [5.41, 5.74) is 3.71. The van der Waals surface area contributed by atoms with Gasteiger partial charge in [0.25, 0.3) is 0 Å². The summed E-state index contributed by atoms with van der Waals surface area (Å²) in [5.74, 6) is -0.381. The second-order valence-corrected chi connectivity index (χ2v) is 5.29. The van der Waals surface area contributed by atoms with Crippen molar-refractivity contribution < 1.29 is 14.3 Å². The minimum Gasteiger partial charge on any atom is -0.465 e. The topological polar surface area (TPSA) is 79.8 Å². The predicted molar refractivity (Wildman–Crippen MR) is 83.9 cm³/mol. The fourth-order valence-electron chi connectivity index (χ4n) is 2.45. The van der Waals surface area contributed by atoms with Gasteiger partial charge in [0.2, 0.25) is 0 Å². The van der Waals surface area contributed by atoms with Crippen LogP contribution in [0.25, 0.3) is 0 Å². The molecule has 1 aliphatic carbocycles. The summed E-state index contributed by atoms with van der Waals surface area (Å²) in [5, 5.41) is 6.81. The minimum absolute atomic E-state index is 0.253. The number of carbonyl (C=O) groups is 2. The van der Waals surface area contributed by atoms with Gasteiger partial charge in [0.15, 0.2) is 0 Å². The summed E-state index contributed by atoms with van der Waals surface area (Å²) in [4.78, 5) is 23.0. The third-order valence-electron chi connectivity index (χ3n) is 3.65. The predicted octanol–water partition coefficient (Wildman–Crippen LogP) is 2.44. The number of benzene rings is 1. The maximum Gasteiger partial charge on any atom is 0.337 e. The Kier molecular flexibility index (Phi) is 5.94. The molecule has 0 atom stereocenters. The van der Waals surface area contributed by atoms with E-state index in [0.29, 0.717) is 5.56 Å². The quantitative estimate of drug-likeness (QED) is 0.509.